The molecule has 10 heteroatoms. The molecular formula is C14H18F3N4O3+. The number of carboxylic acid groups (broad SMARTS) is 1. The summed E-state index contributed by atoms with van der Waals surface area (Å²) in [6.45, 7) is 3.46. The van der Waals surface area contributed by atoms with Crippen LogP contribution in [0, 0.1) is 5.92 Å². The molecule has 0 aliphatic carbocycles. The molecule has 2 rings (SSSR count). The summed E-state index contributed by atoms with van der Waals surface area (Å²) in [6.07, 6.45) is -3.74. The highest BCUT2D eigenvalue weighted by Crippen LogP contribution is 2.33. The van der Waals surface area contributed by atoms with Crippen LogP contribution in [0.3, 0.4) is 0 Å². The highest BCUT2D eigenvalue weighted by Gasteiger charge is 2.57. The molecule has 1 saturated heterocycles. The van der Waals surface area contributed by atoms with E-state index in [-0.39, 0.29) is 25.0 Å². The van der Waals surface area contributed by atoms with E-state index >= 15 is 0 Å². The summed E-state index contributed by atoms with van der Waals surface area (Å²) in [7, 11) is 1.31. The molecule has 1 aromatic heterocycles. The van der Waals surface area contributed by atoms with Gasteiger partial charge in [-0.25, -0.2) is 9.59 Å². The highest BCUT2D eigenvalue weighted by molar-refractivity contribution is 5.93. The smallest absolute Gasteiger partial charge is 0.433 e. The van der Waals surface area contributed by atoms with Crippen molar-refractivity contribution >= 4 is 17.9 Å². The van der Waals surface area contributed by atoms with Crippen molar-refractivity contribution in [1.82, 2.24) is 19.4 Å². The first-order valence-corrected chi connectivity index (χ1v) is 7.27. The molecule has 1 aliphatic rings. The van der Waals surface area contributed by atoms with Crippen molar-refractivity contribution in [1.29, 1.82) is 0 Å². The topological polar surface area (TPSA) is 83.4 Å². The van der Waals surface area contributed by atoms with Crippen LogP contribution in [0.15, 0.2) is 12.3 Å². The number of urea groups is 1. The minimum Gasteiger partial charge on any atom is -0.480 e. The quantitative estimate of drug-likeness (QED) is 0.842. The minimum atomic E-state index is -4.68. The van der Waals surface area contributed by atoms with Crippen LogP contribution in [0.2, 0.25) is 0 Å². The van der Waals surface area contributed by atoms with Crippen molar-refractivity contribution < 1.29 is 27.9 Å². The number of halogens is 3. The van der Waals surface area contributed by atoms with Crippen LogP contribution in [-0.2, 0) is 11.0 Å². The van der Waals surface area contributed by atoms with Gasteiger partial charge in [0, 0.05) is 19.2 Å². The van der Waals surface area contributed by atoms with Crippen LogP contribution >= 0.6 is 0 Å². The van der Waals surface area contributed by atoms with Crippen molar-refractivity contribution in [3.8, 4) is 0 Å². The summed E-state index contributed by atoms with van der Waals surface area (Å²) in [4.78, 5) is 32.5. The van der Waals surface area contributed by atoms with Gasteiger partial charge < -0.3 is 5.11 Å². The van der Waals surface area contributed by atoms with E-state index in [9.17, 15) is 27.9 Å². The number of carbonyl (C=O) groups is 2. The predicted octanol–water partition coefficient (Wildman–Crippen LogP) is 1.98. The van der Waals surface area contributed by atoms with Gasteiger partial charge in [-0.05, 0) is 6.07 Å². The van der Waals surface area contributed by atoms with Gasteiger partial charge in [-0.3, -0.25) is 4.90 Å². The van der Waals surface area contributed by atoms with Gasteiger partial charge in [-0.1, -0.05) is 13.8 Å². The molecule has 1 aliphatic heterocycles. The number of quaternary nitrogens is 1. The van der Waals surface area contributed by atoms with Crippen LogP contribution in [0.1, 0.15) is 19.5 Å². The lowest BCUT2D eigenvalue weighted by Gasteiger charge is -2.29. The first-order valence-electron chi connectivity index (χ1n) is 7.27. The zero-order chi connectivity index (χ0) is 18.3. The van der Waals surface area contributed by atoms with Crippen molar-refractivity contribution in [2.45, 2.75) is 26.1 Å². The Morgan fingerprint density at radius 3 is 2.58 bits per heavy atom. The van der Waals surface area contributed by atoms with Crippen molar-refractivity contribution in [3.05, 3.63) is 18.0 Å². The third-order valence-electron chi connectivity index (χ3n) is 3.90. The van der Waals surface area contributed by atoms with Gasteiger partial charge in [0.15, 0.2) is 11.7 Å². The summed E-state index contributed by atoms with van der Waals surface area (Å²) in [5.41, 5.74) is -1.16. The maximum atomic E-state index is 12.9. The van der Waals surface area contributed by atoms with E-state index in [1.807, 2.05) is 0 Å². The lowest BCUT2D eigenvalue weighted by Crippen LogP contribution is -2.55. The number of carbonyl (C=O) groups excluding carboxylic acids is 1. The summed E-state index contributed by atoms with van der Waals surface area (Å²) >= 11 is 0. The van der Waals surface area contributed by atoms with Gasteiger partial charge in [0.1, 0.15) is 6.54 Å². The maximum absolute atomic E-state index is 12.9. The van der Waals surface area contributed by atoms with Crippen molar-refractivity contribution in [2.24, 2.45) is 5.92 Å². The molecule has 7 nitrogen and oxygen atoms in total. The number of rotatable bonds is 4. The van der Waals surface area contributed by atoms with Crippen LogP contribution in [-0.4, -0.2) is 58.2 Å². The highest BCUT2D eigenvalue weighted by atomic mass is 19.4. The second-order valence-electron chi connectivity index (χ2n) is 6.21. The zero-order valence-electron chi connectivity index (χ0n) is 13.4. The predicted molar refractivity (Wildman–Crippen MR) is 78.0 cm³/mol. The molecule has 0 bridgehead atoms. The molecule has 0 saturated carbocycles. The standard InChI is InChI=1S/C14H17F3N4O3/c1-8(2)6-21(7-9(11(22)23)20(3)13(21)24)12-18-5-4-10(19-12)14(15,16)17/h4-5,8-9H,6-7H2,1-3H3/p+1. The van der Waals surface area contributed by atoms with Gasteiger partial charge in [0.05, 0.1) is 6.54 Å². The van der Waals surface area contributed by atoms with Gasteiger partial charge in [-0.15, -0.1) is 0 Å². The molecule has 2 atom stereocenters. The minimum absolute atomic E-state index is 0.0898. The molecule has 1 fully saturated rings. The molecule has 2 heterocycles. The molecule has 0 radical (unpaired) electrons. The Bertz CT molecular complexity index is 665. The molecular weight excluding hydrogens is 329 g/mol. The number of nitrogens with zero attached hydrogens (tertiary/aromatic N) is 4. The normalized spacial score (nSPS) is 24.7. The molecule has 2 amide bonds. The fourth-order valence-electron chi connectivity index (χ4n) is 2.91. The molecule has 0 aromatic carbocycles. The molecule has 1 N–H and O–H groups in total. The fourth-order valence-corrected chi connectivity index (χ4v) is 2.91. The third-order valence-corrected chi connectivity index (χ3v) is 3.90. The van der Waals surface area contributed by atoms with E-state index in [2.05, 4.69) is 9.97 Å². The van der Waals surface area contributed by atoms with Crippen LogP contribution in [0.25, 0.3) is 0 Å². The lowest BCUT2D eigenvalue weighted by atomic mass is 10.1. The fraction of sp³-hybridized carbons (Fsp3) is 0.571. The summed E-state index contributed by atoms with van der Waals surface area (Å²) in [5.74, 6) is -1.64. The Balaban J connectivity index is 2.58. The molecule has 2 unspecified atom stereocenters. The lowest BCUT2D eigenvalue weighted by molar-refractivity contribution is -0.142. The van der Waals surface area contributed by atoms with Crippen LogP contribution in [0.4, 0.5) is 23.9 Å². The molecule has 24 heavy (non-hydrogen) atoms. The second-order valence-corrected chi connectivity index (χ2v) is 6.21. The number of aromatic nitrogens is 2. The Morgan fingerprint density at radius 1 is 1.50 bits per heavy atom. The number of hydrogen-bond acceptors (Lipinski definition) is 4. The number of carboxylic acids is 1. The van der Waals surface area contributed by atoms with E-state index < -0.39 is 34.4 Å². The molecule has 0 spiro atoms. The van der Waals surface area contributed by atoms with Gasteiger partial charge in [0.2, 0.25) is 0 Å². The SMILES string of the molecule is CC(C)C[N+]1(c2nccc(C(F)(F)F)n2)CC(C(=O)O)N(C)C1=O. The van der Waals surface area contributed by atoms with E-state index in [0.29, 0.717) is 6.07 Å². The maximum Gasteiger partial charge on any atom is 0.433 e. The summed E-state index contributed by atoms with van der Waals surface area (Å²) in [5, 5.41) is 9.27. The van der Waals surface area contributed by atoms with E-state index in [4.69, 9.17) is 0 Å². The van der Waals surface area contributed by atoms with E-state index in [0.717, 1.165) is 11.1 Å². The van der Waals surface area contributed by atoms with Crippen molar-refractivity contribution in [3.63, 3.8) is 0 Å². The summed E-state index contributed by atoms with van der Waals surface area (Å²) in [6, 6.07) is -1.06. The number of amides is 2. The van der Waals surface area contributed by atoms with Crippen LogP contribution in [0.5, 0.6) is 0 Å². The van der Waals surface area contributed by atoms with Gasteiger partial charge in [0.25, 0.3) is 0 Å². The first-order chi connectivity index (χ1) is 11.0. The number of likely N-dealkylation sites (N-methyl/N-ethyl adjacent to an activating group) is 1. The Hall–Kier alpha value is -2.23. The Morgan fingerprint density at radius 2 is 2.12 bits per heavy atom. The first kappa shape index (κ1) is 18.1. The van der Waals surface area contributed by atoms with E-state index in [1.165, 1.54) is 7.05 Å². The number of hydrogen-bond donors (Lipinski definition) is 1. The Labute approximate surface area is 136 Å². The van der Waals surface area contributed by atoms with E-state index in [1.54, 1.807) is 13.8 Å². The number of alkyl halides is 3. The van der Waals surface area contributed by atoms with Gasteiger partial charge >= 0.3 is 24.1 Å². The monoisotopic (exact) mass is 347 g/mol. The molecule has 1 aromatic rings. The Kier molecular flexibility index (Phi) is 4.53. The average Bonchev–Trinajstić information content (AvgIpc) is 2.72. The second kappa shape index (κ2) is 6.00. The number of aliphatic carboxylic acids is 1. The largest absolute Gasteiger partial charge is 0.480 e. The molecule has 132 valence electrons. The van der Waals surface area contributed by atoms with Gasteiger partial charge in [-0.2, -0.15) is 27.6 Å². The third kappa shape index (κ3) is 3.05. The average molecular weight is 347 g/mol. The summed E-state index contributed by atoms with van der Waals surface area (Å²) < 4.78 is 38.2. The van der Waals surface area contributed by atoms with Crippen LogP contribution < -0.4 is 4.48 Å². The van der Waals surface area contributed by atoms with Crippen molar-refractivity contribution in [2.75, 3.05) is 20.1 Å². The zero-order valence-corrected chi connectivity index (χ0v) is 13.4.